The molecule has 6 heteroatoms. The highest BCUT2D eigenvalue weighted by molar-refractivity contribution is 6.33. The van der Waals surface area contributed by atoms with E-state index < -0.39 is 5.97 Å². The Kier molecular flexibility index (Phi) is 5.82. The lowest BCUT2D eigenvalue weighted by molar-refractivity contribution is -0.118. The number of esters is 1. The van der Waals surface area contributed by atoms with Crippen LogP contribution in [0.4, 0.5) is 5.69 Å². The van der Waals surface area contributed by atoms with E-state index in [0.29, 0.717) is 22.0 Å². The van der Waals surface area contributed by atoms with Crippen molar-refractivity contribution in [1.29, 1.82) is 0 Å². The Morgan fingerprint density at radius 2 is 1.92 bits per heavy atom. The Labute approximate surface area is 145 Å². The Morgan fingerprint density at radius 3 is 2.62 bits per heavy atom. The van der Waals surface area contributed by atoms with Gasteiger partial charge in [0.15, 0.2) is 6.61 Å². The molecule has 2 rings (SSSR count). The predicted molar refractivity (Wildman–Crippen MR) is 92.8 cm³/mol. The summed E-state index contributed by atoms with van der Waals surface area (Å²) < 4.78 is 10.2. The molecule has 0 aliphatic rings. The SMILES string of the molecule is COC(=O)c1ccc(Cl)c(NC(=O)COc2cccc(C)c2C)c1. The number of anilines is 1. The van der Waals surface area contributed by atoms with Gasteiger partial charge in [-0.05, 0) is 49.2 Å². The number of aryl methyl sites for hydroxylation is 1. The first-order chi connectivity index (χ1) is 11.4. The van der Waals surface area contributed by atoms with Crippen molar-refractivity contribution in [3.05, 3.63) is 58.1 Å². The lowest BCUT2D eigenvalue weighted by atomic mass is 10.1. The highest BCUT2D eigenvalue weighted by Gasteiger charge is 2.12. The van der Waals surface area contributed by atoms with Crippen LogP contribution < -0.4 is 10.1 Å². The quantitative estimate of drug-likeness (QED) is 0.836. The van der Waals surface area contributed by atoms with Gasteiger partial charge in [-0.3, -0.25) is 4.79 Å². The number of nitrogens with one attached hydrogen (secondary N) is 1. The summed E-state index contributed by atoms with van der Waals surface area (Å²) >= 11 is 6.04. The Bertz CT molecular complexity index is 774. The molecule has 0 saturated heterocycles. The molecule has 0 aliphatic carbocycles. The highest BCUT2D eigenvalue weighted by atomic mass is 35.5. The van der Waals surface area contributed by atoms with E-state index in [9.17, 15) is 9.59 Å². The van der Waals surface area contributed by atoms with Gasteiger partial charge in [-0.2, -0.15) is 0 Å². The molecule has 0 atom stereocenters. The molecule has 0 aromatic heterocycles. The molecule has 24 heavy (non-hydrogen) atoms. The van der Waals surface area contributed by atoms with Crippen molar-refractivity contribution in [2.75, 3.05) is 19.0 Å². The largest absolute Gasteiger partial charge is 0.483 e. The van der Waals surface area contributed by atoms with Crippen molar-refractivity contribution in [2.24, 2.45) is 0 Å². The van der Waals surface area contributed by atoms with Gasteiger partial charge >= 0.3 is 5.97 Å². The molecule has 0 spiro atoms. The molecule has 2 aromatic rings. The predicted octanol–water partition coefficient (Wildman–Crippen LogP) is 3.76. The number of methoxy groups -OCH3 is 1. The molecule has 0 heterocycles. The third kappa shape index (κ3) is 4.26. The van der Waals surface area contributed by atoms with Crippen LogP contribution in [0.3, 0.4) is 0 Å². The maximum atomic E-state index is 12.1. The van der Waals surface area contributed by atoms with Gasteiger partial charge in [-0.15, -0.1) is 0 Å². The fourth-order valence-corrected chi connectivity index (χ4v) is 2.24. The van der Waals surface area contributed by atoms with E-state index in [1.54, 1.807) is 6.07 Å². The van der Waals surface area contributed by atoms with E-state index in [1.807, 2.05) is 26.0 Å². The molecule has 0 unspecified atom stereocenters. The van der Waals surface area contributed by atoms with Crippen LogP contribution in [0.15, 0.2) is 36.4 Å². The number of hydrogen-bond acceptors (Lipinski definition) is 4. The number of amides is 1. The molecule has 126 valence electrons. The zero-order valence-electron chi connectivity index (χ0n) is 13.7. The minimum Gasteiger partial charge on any atom is -0.483 e. The van der Waals surface area contributed by atoms with Crippen molar-refractivity contribution in [3.8, 4) is 5.75 Å². The number of hydrogen-bond donors (Lipinski definition) is 1. The average Bonchev–Trinajstić information content (AvgIpc) is 2.57. The average molecular weight is 348 g/mol. The minimum absolute atomic E-state index is 0.164. The van der Waals surface area contributed by atoms with E-state index >= 15 is 0 Å². The molecule has 0 saturated carbocycles. The number of rotatable bonds is 5. The zero-order chi connectivity index (χ0) is 17.7. The van der Waals surface area contributed by atoms with E-state index in [-0.39, 0.29) is 12.5 Å². The highest BCUT2D eigenvalue weighted by Crippen LogP contribution is 2.24. The topological polar surface area (TPSA) is 64.6 Å². The van der Waals surface area contributed by atoms with Gasteiger partial charge in [0.05, 0.1) is 23.4 Å². The summed E-state index contributed by atoms with van der Waals surface area (Å²) in [6, 6.07) is 10.2. The van der Waals surface area contributed by atoms with Crippen LogP contribution in [0, 0.1) is 13.8 Å². The standard InChI is InChI=1S/C18H18ClNO4/c1-11-5-4-6-16(12(11)2)24-10-17(21)20-15-9-13(18(22)23-3)7-8-14(15)19/h4-9H,10H2,1-3H3,(H,20,21). The second kappa shape index (κ2) is 7.84. The van der Waals surface area contributed by atoms with Crippen LogP contribution in [0.5, 0.6) is 5.75 Å². The summed E-state index contributed by atoms with van der Waals surface area (Å²) in [6.45, 7) is 3.74. The van der Waals surface area contributed by atoms with Crippen molar-refractivity contribution >= 4 is 29.2 Å². The summed E-state index contributed by atoms with van der Waals surface area (Å²) in [5, 5.41) is 2.95. The number of carbonyl (C=O) groups is 2. The Morgan fingerprint density at radius 1 is 1.17 bits per heavy atom. The third-order valence-corrected chi connectivity index (χ3v) is 3.90. The van der Waals surface area contributed by atoms with Crippen LogP contribution in [0.2, 0.25) is 5.02 Å². The molecule has 0 radical (unpaired) electrons. The lowest BCUT2D eigenvalue weighted by Crippen LogP contribution is -2.21. The van der Waals surface area contributed by atoms with Gasteiger partial charge in [-0.1, -0.05) is 23.7 Å². The molecule has 2 aromatic carbocycles. The van der Waals surface area contributed by atoms with Crippen molar-refractivity contribution in [1.82, 2.24) is 0 Å². The van der Waals surface area contributed by atoms with Gasteiger partial charge in [0.25, 0.3) is 5.91 Å². The van der Waals surface area contributed by atoms with Gasteiger partial charge in [0.1, 0.15) is 5.75 Å². The first-order valence-electron chi connectivity index (χ1n) is 7.29. The number of benzene rings is 2. The van der Waals surface area contributed by atoms with E-state index in [4.69, 9.17) is 16.3 Å². The minimum atomic E-state index is -0.506. The number of halogens is 1. The molecule has 0 fully saturated rings. The molecule has 1 N–H and O–H groups in total. The monoisotopic (exact) mass is 347 g/mol. The van der Waals surface area contributed by atoms with Gasteiger partial charge in [-0.25, -0.2) is 4.79 Å². The van der Waals surface area contributed by atoms with E-state index in [1.165, 1.54) is 25.3 Å². The maximum Gasteiger partial charge on any atom is 0.337 e. The third-order valence-electron chi connectivity index (χ3n) is 3.58. The number of carbonyl (C=O) groups excluding carboxylic acids is 2. The van der Waals surface area contributed by atoms with Crippen LogP contribution in [-0.2, 0) is 9.53 Å². The zero-order valence-corrected chi connectivity index (χ0v) is 14.4. The Hall–Kier alpha value is -2.53. The van der Waals surface area contributed by atoms with Crippen molar-refractivity contribution in [2.45, 2.75) is 13.8 Å². The molecule has 0 aliphatic heterocycles. The van der Waals surface area contributed by atoms with E-state index in [2.05, 4.69) is 10.1 Å². The second-order valence-electron chi connectivity index (χ2n) is 5.22. The van der Waals surface area contributed by atoms with Crippen LogP contribution >= 0.6 is 11.6 Å². The van der Waals surface area contributed by atoms with E-state index in [0.717, 1.165) is 11.1 Å². The van der Waals surface area contributed by atoms with Crippen molar-refractivity contribution in [3.63, 3.8) is 0 Å². The van der Waals surface area contributed by atoms with Crippen LogP contribution in [0.1, 0.15) is 21.5 Å². The van der Waals surface area contributed by atoms with Crippen LogP contribution in [0.25, 0.3) is 0 Å². The summed E-state index contributed by atoms with van der Waals surface area (Å²) in [5.74, 6) is -0.229. The van der Waals surface area contributed by atoms with Gasteiger partial charge < -0.3 is 14.8 Å². The molecular formula is C18H18ClNO4. The molecular weight excluding hydrogens is 330 g/mol. The normalized spacial score (nSPS) is 10.2. The Balaban J connectivity index is 2.04. The summed E-state index contributed by atoms with van der Waals surface area (Å²) in [6.07, 6.45) is 0. The fraction of sp³-hybridized carbons (Fsp3) is 0.222. The lowest BCUT2D eigenvalue weighted by Gasteiger charge is -2.12. The first-order valence-corrected chi connectivity index (χ1v) is 7.67. The van der Waals surface area contributed by atoms with Crippen molar-refractivity contribution < 1.29 is 19.1 Å². The molecule has 0 bridgehead atoms. The van der Waals surface area contributed by atoms with Gasteiger partial charge in [0.2, 0.25) is 0 Å². The maximum absolute atomic E-state index is 12.1. The summed E-state index contributed by atoms with van der Waals surface area (Å²) in [4.78, 5) is 23.6. The number of ether oxygens (including phenoxy) is 2. The molecule has 5 nitrogen and oxygen atoms in total. The first kappa shape index (κ1) is 17.8. The fourth-order valence-electron chi connectivity index (χ4n) is 2.08. The summed E-state index contributed by atoms with van der Waals surface area (Å²) in [5.41, 5.74) is 2.69. The smallest absolute Gasteiger partial charge is 0.337 e. The second-order valence-corrected chi connectivity index (χ2v) is 5.63. The van der Waals surface area contributed by atoms with Crippen LogP contribution in [-0.4, -0.2) is 25.6 Å². The summed E-state index contributed by atoms with van der Waals surface area (Å²) in [7, 11) is 1.28. The molecule has 1 amide bonds. The van der Waals surface area contributed by atoms with Gasteiger partial charge in [0, 0.05) is 0 Å².